The average molecular weight is 237 g/mol. The first-order chi connectivity index (χ1) is 7.21. The molecule has 1 N–H and O–H groups in total. The highest BCUT2D eigenvalue weighted by molar-refractivity contribution is 5.75. The van der Waals surface area contributed by atoms with Gasteiger partial charge in [-0.3, -0.25) is 4.79 Å². The largest absolute Gasteiger partial charge is 0.498 e. The molecule has 1 rings (SSSR count). The van der Waals surface area contributed by atoms with Gasteiger partial charge in [-0.1, -0.05) is 5.10 Å². The smallest absolute Gasteiger partial charge is 0.264 e. The van der Waals surface area contributed by atoms with Crippen molar-refractivity contribution in [1.29, 1.82) is 0 Å². The van der Waals surface area contributed by atoms with Crippen LogP contribution in [0.25, 0.3) is 0 Å². The number of hydrogen-bond donors (Lipinski definition) is 1. The van der Waals surface area contributed by atoms with E-state index < -0.39 is 17.7 Å². The van der Waals surface area contributed by atoms with Gasteiger partial charge in [0.2, 0.25) is 0 Å². The fourth-order valence-corrected chi connectivity index (χ4v) is 0.858. The number of hydrogen-bond acceptors (Lipinski definition) is 3. The molecule has 0 aliphatic carbocycles. The normalized spacial score (nSPS) is 11.3. The van der Waals surface area contributed by atoms with E-state index in [2.05, 4.69) is 4.84 Å². The van der Waals surface area contributed by atoms with Crippen LogP contribution in [-0.2, 0) is 4.79 Å². The second-order valence-electron chi connectivity index (χ2n) is 3.08. The number of halogens is 3. The first kappa shape index (κ1) is 12.2. The van der Waals surface area contributed by atoms with Gasteiger partial charge in [-0.2, -0.15) is 18.0 Å². The van der Waals surface area contributed by atoms with Crippen molar-refractivity contribution in [1.82, 2.24) is 5.10 Å². The molecule has 0 spiro atoms. The number of alkyl halides is 3. The molecule has 0 unspecified atom stereocenters. The number of carbonyl (C=O) groups is 1. The molecule has 8 heteroatoms. The molecular weight excluding hydrogens is 229 g/mol. The number of rotatable bonds is 1. The lowest BCUT2D eigenvalue weighted by molar-refractivity contribution is -0.917. The summed E-state index contributed by atoms with van der Waals surface area (Å²) in [5.41, 5.74) is 0.105. The van der Waals surface area contributed by atoms with E-state index in [1.54, 1.807) is 0 Å². The number of H-pyrrole nitrogens is 1. The number of carbonyl (C=O) groups excluding carboxylic acids is 1. The van der Waals surface area contributed by atoms with E-state index in [1.807, 2.05) is 5.10 Å². The second kappa shape index (κ2) is 3.95. The van der Waals surface area contributed by atoms with Gasteiger partial charge in [-0.05, 0) is 13.8 Å². The number of aryl methyl sites for hydroxylation is 1. The molecule has 1 aromatic heterocycles. The highest BCUT2D eigenvalue weighted by Gasteiger charge is 2.45. The van der Waals surface area contributed by atoms with E-state index in [0.29, 0.717) is 16.0 Å². The molecule has 1 aromatic rings. The van der Waals surface area contributed by atoms with Crippen molar-refractivity contribution < 1.29 is 27.6 Å². The van der Waals surface area contributed by atoms with Crippen LogP contribution < -0.4 is 15.2 Å². The van der Waals surface area contributed by atoms with Crippen LogP contribution in [-0.4, -0.2) is 17.2 Å². The van der Waals surface area contributed by atoms with Crippen LogP contribution in [0.3, 0.4) is 0 Å². The molecule has 0 atom stereocenters. The highest BCUT2D eigenvalue weighted by atomic mass is 19.4. The molecule has 0 saturated carbocycles. The first-order valence-corrected chi connectivity index (χ1v) is 4.13. The Labute approximate surface area is 87.4 Å². The molecule has 0 aliphatic rings. The Morgan fingerprint density at radius 2 is 2.00 bits per heavy atom. The van der Waals surface area contributed by atoms with Crippen LogP contribution in [0.4, 0.5) is 13.2 Å². The lowest BCUT2D eigenvalue weighted by atomic mass is 10.2. The van der Waals surface area contributed by atoms with Crippen LogP contribution in [0.1, 0.15) is 11.1 Å². The Bertz CT molecular complexity index is 478. The Hall–Kier alpha value is -1.86. The first-order valence-electron chi connectivity index (χ1n) is 4.13. The van der Waals surface area contributed by atoms with Crippen LogP contribution in [0.5, 0.6) is 0 Å². The number of nitrogens with zero attached hydrogens (tertiary/aromatic N) is 1. The van der Waals surface area contributed by atoms with Crippen molar-refractivity contribution in [3.63, 3.8) is 0 Å². The van der Waals surface area contributed by atoms with Crippen molar-refractivity contribution in [3.05, 3.63) is 27.7 Å². The molecule has 88 valence electrons. The van der Waals surface area contributed by atoms with Crippen molar-refractivity contribution in [2.24, 2.45) is 0 Å². The van der Waals surface area contributed by atoms with Gasteiger partial charge in [0.1, 0.15) is 4.85 Å². The monoisotopic (exact) mass is 237 g/mol. The van der Waals surface area contributed by atoms with E-state index in [9.17, 15) is 22.8 Å². The van der Waals surface area contributed by atoms with Crippen molar-refractivity contribution in [2.75, 3.05) is 0 Å². The van der Waals surface area contributed by atoms with E-state index in [-0.39, 0.29) is 0 Å². The van der Waals surface area contributed by atoms with Gasteiger partial charge in [0, 0.05) is 11.1 Å². The van der Waals surface area contributed by atoms with Crippen LogP contribution in [0, 0.1) is 13.8 Å². The summed E-state index contributed by atoms with van der Waals surface area (Å²) in [6.45, 7) is 2.99. The summed E-state index contributed by atoms with van der Waals surface area (Å²) < 4.78 is 35.5. The Morgan fingerprint density at radius 1 is 1.44 bits per heavy atom. The molecule has 0 aliphatic heterocycles. The van der Waals surface area contributed by atoms with Gasteiger partial charge in [-0.25, -0.2) is 4.79 Å². The number of aromatic amines is 1. The van der Waals surface area contributed by atoms with Crippen LogP contribution in [0.2, 0.25) is 0 Å². The molecule has 0 fully saturated rings. The second-order valence-corrected chi connectivity index (χ2v) is 3.08. The minimum absolute atomic E-state index is 0.333. The maximum absolute atomic E-state index is 11.8. The van der Waals surface area contributed by atoms with Crippen LogP contribution >= 0.6 is 0 Å². The zero-order valence-corrected chi connectivity index (χ0v) is 8.38. The third-order valence-electron chi connectivity index (χ3n) is 1.87. The minimum atomic E-state index is -5.11. The van der Waals surface area contributed by atoms with Crippen molar-refractivity contribution in [3.8, 4) is 0 Å². The predicted molar refractivity (Wildman–Crippen MR) is 44.4 cm³/mol. The van der Waals surface area contributed by atoms with Gasteiger partial charge in [0.25, 0.3) is 6.20 Å². The van der Waals surface area contributed by atoms with E-state index in [1.165, 1.54) is 13.8 Å². The SMILES string of the molecule is Cc1c[n+](OC(=O)C(F)(F)F)[nH]c(=O)c1C. The number of nitrogens with one attached hydrogen (secondary N) is 1. The third kappa shape index (κ3) is 2.59. The summed E-state index contributed by atoms with van der Waals surface area (Å²) in [5.74, 6) is -2.41. The maximum atomic E-state index is 11.8. The molecule has 0 bridgehead atoms. The Morgan fingerprint density at radius 3 is 2.44 bits per heavy atom. The lowest BCUT2D eigenvalue weighted by Gasteiger charge is -2.00. The fraction of sp³-hybridized carbons (Fsp3) is 0.375. The summed E-state index contributed by atoms with van der Waals surface area (Å²) in [6.07, 6.45) is -4.04. The van der Waals surface area contributed by atoms with Gasteiger partial charge in [0.05, 0.1) is 0 Å². The molecule has 0 aromatic carbocycles. The standard InChI is InChI=1S/C8H7F3N2O3/c1-4-3-13(12-6(14)5(4)2)16-7(15)8(9,10)11/h3H,1-2H3/p+1. The van der Waals surface area contributed by atoms with E-state index in [4.69, 9.17) is 0 Å². The topological polar surface area (TPSA) is 63.0 Å². The Kier molecular flexibility index (Phi) is 3.02. The summed E-state index contributed by atoms with van der Waals surface area (Å²) in [7, 11) is 0. The van der Waals surface area contributed by atoms with Gasteiger partial charge in [-0.15, -0.1) is 0 Å². The van der Waals surface area contributed by atoms with E-state index in [0.717, 1.165) is 6.20 Å². The molecular formula is C8H8F3N2O3+. The average Bonchev–Trinajstić information content (AvgIpc) is 2.12. The maximum Gasteiger partial charge on any atom is 0.498 e. The molecule has 0 saturated heterocycles. The molecule has 1 heterocycles. The quantitative estimate of drug-likeness (QED) is 0.688. The van der Waals surface area contributed by atoms with Crippen molar-refractivity contribution >= 4 is 5.97 Å². The Balaban J connectivity index is 3.01. The lowest BCUT2D eigenvalue weighted by Crippen LogP contribution is -2.55. The summed E-state index contributed by atoms with van der Waals surface area (Å²) >= 11 is 0. The fourth-order valence-electron chi connectivity index (χ4n) is 0.858. The zero-order chi connectivity index (χ0) is 12.5. The van der Waals surface area contributed by atoms with Gasteiger partial charge in [0.15, 0.2) is 0 Å². The number of aromatic nitrogens is 2. The highest BCUT2D eigenvalue weighted by Crippen LogP contribution is 2.13. The van der Waals surface area contributed by atoms with E-state index >= 15 is 0 Å². The molecule has 16 heavy (non-hydrogen) atoms. The summed E-state index contributed by atoms with van der Waals surface area (Å²) in [5, 5.41) is 1.94. The van der Waals surface area contributed by atoms with Crippen LogP contribution in [0.15, 0.2) is 11.0 Å². The molecule has 0 amide bonds. The summed E-state index contributed by atoms with van der Waals surface area (Å²) in [4.78, 5) is 25.8. The molecule has 5 nitrogen and oxygen atoms in total. The molecule has 0 radical (unpaired) electrons. The van der Waals surface area contributed by atoms with Gasteiger partial charge < -0.3 is 0 Å². The predicted octanol–water partition coefficient (Wildman–Crippen LogP) is -0.203. The zero-order valence-electron chi connectivity index (χ0n) is 8.38. The summed E-state index contributed by atoms with van der Waals surface area (Å²) in [6, 6.07) is 0. The van der Waals surface area contributed by atoms with Crippen molar-refractivity contribution in [2.45, 2.75) is 20.0 Å². The minimum Gasteiger partial charge on any atom is -0.264 e. The van der Waals surface area contributed by atoms with Gasteiger partial charge >= 0.3 is 17.7 Å². The third-order valence-corrected chi connectivity index (χ3v) is 1.87.